The second-order valence-electron chi connectivity index (χ2n) is 4.28. The van der Waals surface area contributed by atoms with E-state index in [0.29, 0.717) is 6.42 Å². The average molecular weight is 280 g/mol. The summed E-state index contributed by atoms with van der Waals surface area (Å²) >= 11 is 2.99. The van der Waals surface area contributed by atoms with E-state index in [2.05, 4.69) is 32.8 Å². The van der Waals surface area contributed by atoms with Gasteiger partial charge in [0.05, 0.1) is 17.8 Å². The predicted octanol–water partition coefficient (Wildman–Crippen LogP) is 2.65. The Labute approximate surface area is 116 Å². The maximum absolute atomic E-state index is 8.51. The van der Waals surface area contributed by atoms with Crippen molar-refractivity contribution in [2.75, 3.05) is 25.9 Å². The first kappa shape index (κ1) is 13.5. The fraction of sp³-hybridized carbons (Fsp3) is 0.583. The summed E-state index contributed by atoms with van der Waals surface area (Å²) < 4.78 is 8.79. The number of hydrogen-bond donors (Lipinski definition) is 0. The monoisotopic (exact) mass is 280 g/mol. The molecule has 2 heterocycles. The summed E-state index contributed by atoms with van der Waals surface area (Å²) in [7, 11) is 2.13. The molecule has 1 aromatic rings. The summed E-state index contributed by atoms with van der Waals surface area (Å²) in [6, 6.07) is 2.17. The van der Waals surface area contributed by atoms with Gasteiger partial charge >= 0.3 is 0 Å². The van der Waals surface area contributed by atoms with Gasteiger partial charge in [0.2, 0.25) is 0 Å². The molecule has 0 N–H and O–H groups in total. The van der Waals surface area contributed by atoms with Crippen LogP contribution in [0.25, 0.3) is 5.57 Å². The maximum Gasteiger partial charge on any atom is 0.138 e. The molecule has 0 radical (unpaired) electrons. The minimum Gasteiger partial charge on any atom is -0.302 e. The first-order valence-corrected chi connectivity index (χ1v) is 7.73. The summed E-state index contributed by atoms with van der Waals surface area (Å²) in [5.41, 5.74) is 2.34. The molecule has 0 unspecified atom stereocenters. The van der Waals surface area contributed by atoms with Gasteiger partial charge in [-0.1, -0.05) is 6.08 Å². The zero-order chi connectivity index (χ0) is 12.8. The van der Waals surface area contributed by atoms with E-state index >= 15 is 0 Å². The van der Waals surface area contributed by atoms with Crippen molar-refractivity contribution in [2.45, 2.75) is 24.3 Å². The molecule has 0 bridgehead atoms. The molecule has 1 aliphatic heterocycles. The van der Waals surface area contributed by atoms with Crippen LogP contribution in [0.3, 0.4) is 0 Å². The van der Waals surface area contributed by atoms with Crippen LogP contribution >= 0.6 is 23.5 Å². The summed E-state index contributed by atoms with van der Waals surface area (Å²) in [6.07, 6.45) is 4.89. The van der Waals surface area contributed by atoms with Gasteiger partial charge in [-0.3, -0.25) is 0 Å². The zero-order valence-electron chi connectivity index (χ0n) is 10.4. The molecule has 0 spiro atoms. The van der Waals surface area contributed by atoms with Crippen molar-refractivity contribution in [3.8, 4) is 6.07 Å². The van der Waals surface area contributed by atoms with Gasteiger partial charge in [-0.2, -0.15) is 14.0 Å². The molecule has 0 amide bonds. The standard InChI is InChI=1S/C12H16N4S2/c1-16-7-4-5-10(9-16)11-12(15-18-14-11)17-8-3-2-6-13/h5H,2-4,7-9H2,1H3. The van der Waals surface area contributed by atoms with Crippen LogP contribution in [0.15, 0.2) is 11.1 Å². The SMILES string of the molecule is CN1CCC=C(c2nsnc2SCCCC#N)C1. The number of nitrogens with zero attached hydrogens (tertiary/aromatic N) is 4. The molecule has 96 valence electrons. The van der Waals surface area contributed by atoms with E-state index in [-0.39, 0.29) is 0 Å². The number of likely N-dealkylation sites (N-methyl/N-ethyl adjacent to an activating group) is 1. The van der Waals surface area contributed by atoms with Gasteiger partial charge in [-0.05, 0) is 25.5 Å². The topological polar surface area (TPSA) is 52.8 Å². The molecule has 1 aromatic heterocycles. The first-order valence-electron chi connectivity index (χ1n) is 6.01. The Morgan fingerprint density at radius 3 is 3.22 bits per heavy atom. The van der Waals surface area contributed by atoms with Gasteiger partial charge in [0.15, 0.2) is 0 Å². The molecule has 0 atom stereocenters. The van der Waals surface area contributed by atoms with Crippen molar-refractivity contribution in [3.05, 3.63) is 11.8 Å². The molecular weight excluding hydrogens is 264 g/mol. The van der Waals surface area contributed by atoms with Crippen LogP contribution in [-0.2, 0) is 0 Å². The first-order chi connectivity index (χ1) is 8.81. The Morgan fingerprint density at radius 1 is 1.56 bits per heavy atom. The largest absolute Gasteiger partial charge is 0.302 e. The van der Waals surface area contributed by atoms with Gasteiger partial charge < -0.3 is 4.90 Å². The molecule has 4 nitrogen and oxygen atoms in total. The van der Waals surface area contributed by atoms with Crippen LogP contribution < -0.4 is 0 Å². The molecule has 0 fully saturated rings. The van der Waals surface area contributed by atoms with E-state index in [9.17, 15) is 0 Å². The number of unbranched alkanes of at least 4 members (excludes halogenated alkanes) is 1. The second-order valence-corrected chi connectivity index (χ2v) is 5.90. The molecule has 0 saturated heterocycles. The van der Waals surface area contributed by atoms with E-state index in [1.54, 1.807) is 11.8 Å². The van der Waals surface area contributed by atoms with Gasteiger partial charge in [0.1, 0.15) is 10.7 Å². The molecule has 0 aromatic carbocycles. The number of rotatable bonds is 5. The normalized spacial score (nSPS) is 16.3. The fourth-order valence-electron chi connectivity index (χ4n) is 1.86. The molecule has 2 rings (SSSR count). The highest BCUT2D eigenvalue weighted by atomic mass is 32.2. The Balaban J connectivity index is 1.99. The lowest BCUT2D eigenvalue weighted by Gasteiger charge is -2.22. The third-order valence-corrected chi connectivity index (χ3v) is 4.47. The number of thioether (sulfide) groups is 1. The lowest BCUT2D eigenvalue weighted by Crippen LogP contribution is -2.25. The lowest BCUT2D eigenvalue weighted by atomic mass is 10.1. The van der Waals surface area contributed by atoms with Crippen molar-refractivity contribution >= 4 is 29.1 Å². The van der Waals surface area contributed by atoms with Crippen molar-refractivity contribution in [1.82, 2.24) is 13.6 Å². The summed E-state index contributed by atoms with van der Waals surface area (Å²) in [5, 5.41) is 9.54. The van der Waals surface area contributed by atoms with Crippen LogP contribution in [-0.4, -0.2) is 39.5 Å². The third kappa shape index (κ3) is 3.55. The Morgan fingerprint density at radius 2 is 2.44 bits per heavy atom. The molecule has 1 aliphatic rings. The Bertz CT molecular complexity index is 461. The lowest BCUT2D eigenvalue weighted by molar-refractivity contribution is 0.372. The number of hydrogen-bond acceptors (Lipinski definition) is 6. The molecule has 0 aliphatic carbocycles. The molecule has 18 heavy (non-hydrogen) atoms. The second kappa shape index (κ2) is 6.88. The van der Waals surface area contributed by atoms with Crippen LogP contribution in [0.1, 0.15) is 25.0 Å². The van der Waals surface area contributed by atoms with Crippen LogP contribution in [0.5, 0.6) is 0 Å². The summed E-state index contributed by atoms with van der Waals surface area (Å²) in [6.45, 7) is 2.07. The highest BCUT2D eigenvalue weighted by molar-refractivity contribution is 7.99. The minimum atomic E-state index is 0.616. The molecule has 0 saturated carbocycles. The average Bonchev–Trinajstić information content (AvgIpc) is 2.83. The van der Waals surface area contributed by atoms with E-state index in [1.165, 1.54) is 17.3 Å². The van der Waals surface area contributed by atoms with E-state index in [0.717, 1.165) is 42.4 Å². The van der Waals surface area contributed by atoms with E-state index in [1.807, 2.05) is 0 Å². The van der Waals surface area contributed by atoms with Gasteiger partial charge in [0, 0.05) is 25.3 Å². The maximum atomic E-state index is 8.51. The van der Waals surface area contributed by atoms with Crippen molar-refractivity contribution in [2.24, 2.45) is 0 Å². The van der Waals surface area contributed by atoms with Crippen molar-refractivity contribution in [1.29, 1.82) is 5.26 Å². The minimum absolute atomic E-state index is 0.616. The van der Waals surface area contributed by atoms with Crippen molar-refractivity contribution < 1.29 is 0 Å². The van der Waals surface area contributed by atoms with Gasteiger partial charge in [-0.15, -0.1) is 11.8 Å². The zero-order valence-corrected chi connectivity index (χ0v) is 12.1. The van der Waals surface area contributed by atoms with Crippen molar-refractivity contribution in [3.63, 3.8) is 0 Å². The number of aromatic nitrogens is 2. The number of nitriles is 1. The van der Waals surface area contributed by atoms with E-state index in [4.69, 9.17) is 5.26 Å². The summed E-state index contributed by atoms with van der Waals surface area (Å²) in [5.74, 6) is 0.940. The molecular formula is C12H16N4S2. The fourth-order valence-corrected chi connectivity index (χ4v) is 3.51. The van der Waals surface area contributed by atoms with E-state index < -0.39 is 0 Å². The highest BCUT2D eigenvalue weighted by Gasteiger charge is 2.17. The Hall–Kier alpha value is -0.900. The van der Waals surface area contributed by atoms with Crippen LogP contribution in [0.2, 0.25) is 0 Å². The van der Waals surface area contributed by atoms with Gasteiger partial charge in [-0.25, -0.2) is 0 Å². The summed E-state index contributed by atoms with van der Waals surface area (Å²) in [4.78, 5) is 2.30. The van der Waals surface area contributed by atoms with Crippen LogP contribution in [0, 0.1) is 11.3 Å². The molecule has 6 heteroatoms. The highest BCUT2D eigenvalue weighted by Crippen LogP contribution is 2.29. The third-order valence-electron chi connectivity index (χ3n) is 2.78. The quantitative estimate of drug-likeness (QED) is 0.613. The Kier molecular flexibility index (Phi) is 5.17. The smallest absolute Gasteiger partial charge is 0.138 e. The predicted molar refractivity (Wildman–Crippen MR) is 75.6 cm³/mol. The van der Waals surface area contributed by atoms with Gasteiger partial charge in [0.25, 0.3) is 0 Å². The van der Waals surface area contributed by atoms with Crippen LogP contribution in [0.4, 0.5) is 0 Å².